The minimum Gasteiger partial charge on any atom is -0.324 e. The highest BCUT2D eigenvalue weighted by Gasteiger charge is 2.28. The van der Waals surface area contributed by atoms with E-state index >= 15 is 0 Å². The second-order valence-electron chi connectivity index (χ2n) is 5.27. The van der Waals surface area contributed by atoms with Crippen LogP contribution >= 0.6 is 0 Å². The van der Waals surface area contributed by atoms with Crippen molar-refractivity contribution in [3.63, 3.8) is 0 Å². The van der Waals surface area contributed by atoms with Crippen molar-refractivity contribution < 1.29 is 0 Å². The summed E-state index contributed by atoms with van der Waals surface area (Å²) in [4.78, 5) is 0. The summed E-state index contributed by atoms with van der Waals surface area (Å²) >= 11 is 0. The highest BCUT2D eigenvalue weighted by molar-refractivity contribution is 5.35. The fraction of sp³-hybridized carbons (Fsp3) is 0.400. The maximum atomic E-state index is 6.28. The molecule has 0 fully saturated rings. The van der Waals surface area contributed by atoms with Crippen molar-refractivity contribution >= 4 is 0 Å². The van der Waals surface area contributed by atoms with Crippen LogP contribution in [0.25, 0.3) is 0 Å². The van der Waals surface area contributed by atoms with Gasteiger partial charge in [0.05, 0.1) is 6.20 Å². The van der Waals surface area contributed by atoms with Gasteiger partial charge in [0.25, 0.3) is 0 Å². The Morgan fingerprint density at radius 1 is 1.28 bits per heavy atom. The monoisotopic (exact) mass is 241 g/mol. The van der Waals surface area contributed by atoms with Crippen molar-refractivity contribution in [1.29, 1.82) is 0 Å². The van der Waals surface area contributed by atoms with E-state index in [0.717, 1.165) is 12.8 Å². The van der Waals surface area contributed by atoms with Crippen LogP contribution in [0.15, 0.2) is 30.5 Å². The third kappa shape index (κ3) is 1.75. The zero-order chi connectivity index (χ0) is 12.7. The van der Waals surface area contributed by atoms with E-state index < -0.39 is 0 Å². The first-order valence-corrected chi connectivity index (χ1v) is 6.48. The van der Waals surface area contributed by atoms with Crippen molar-refractivity contribution in [1.82, 2.24) is 9.78 Å². The van der Waals surface area contributed by atoms with Crippen molar-refractivity contribution in [2.45, 2.75) is 31.7 Å². The Hall–Kier alpha value is -1.61. The predicted octanol–water partition coefficient (Wildman–Crippen LogP) is 2.46. The standard InChI is InChI=1S/C15H19N3/c1-10-5-3-4-6-12(10)11-7-14(16)13-9-17-18(2)15(13)8-11/h3-6,9,11,14H,7-8,16H2,1-2H3. The fourth-order valence-electron chi connectivity index (χ4n) is 3.07. The zero-order valence-electron chi connectivity index (χ0n) is 10.9. The predicted molar refractivity (Wildman–Crippen MR) is 72.4 cm³/mol. The van der Waals surface area contributed by atoms with E-state index in [9.17, 15) is 0 Å². The second kappa shape index (κ2) is 4.25. The highest BCUT2D eigenvalue weighted by atomic mass is 15.3. The largest absolute Gasteiger partial charge is 0.324 e. The van der Waals surface area contributed by atoms with Gasteiger partial charge in [-0.15, -0.1) is 0 Å². The summed E-state index contributed by atoms with van der Waals surface area (Å²) < 4.78 is 1.97. The van der Waals surface area contributed by atoms with Crippen LogP contribution in [0, 0.1) is 6.92 Å². The Labute approximate surface area is 108 Å². The Bertz CT molecular complexity index is 571. The zero-order valence-corrected chi connectivity index (χ0v) is 10.9. The van der Waals surface area contributed by atoms with E-state index in [1.807, 2.05) is 17.9 Å². The molecule has 18 heavy (non-hydrogen) atoms. The molecule has 0 aliphatic heterocycles. The van der Waals surface area contributed by atoms with E-state index in [1.165, 1.54) is 22.4 Å². The van der Waals surface area contributed by atoms with E-state index in [2.05, 4.69) is 36.3 Å². The molecule has 2 atom stereocenters. The molecule has 1 heterocycles. The van der Waals surface area contributed by atoms with Crippen LogP contribution in [-0.2, 0) is 13.5 Å². The SMILES string of the molecule is Cc1ccccc1C1Cc2c(cnn2C)C(N)C1. The number of hydrogen-bond donors (Lipinski definition) is 1. The molecule has 0 radical (unpaired) electrons. The number of nitrogens with two attached hydrogens (primary N) is 1. The lowest BCUT2D eigenvalue weighted by Crippen LogP contribution is -2.24. The summed E-state index contributed by atoms with van der Waals surface area (Å²) in [6, 6.07) is 8.74. The molecule has 3 heteroatoms. The molecule has 3 rings (SSSR count). The van der Waals surface area contributed by atoms with E-state index in [-0.39, 0.29) is 6.04 Å². The molecule has 1 aliphatic carbocycles. The number of benzene rings is 1. The Morgan fingerprint density at radius 3 is 2.83 bits per heavy atom. The number of aryl methyl sites for hydroxylation is 2. The van der Waals surface area contributed by atoms with Crippen LogP contribution in [0.3, 0.4) is 0 Å². The van der Waals surface area contributed by atoms with Crippen LogP contribution in [0.5, 0.6) is 0 Å². The third-order valence-corrected chi connectivity index (χ3v) is 4.10. The van der Waals surface area contributed by atoms with Crippen LogP contribution in [0.2, 0.25) is 0 Å². The molecule has 2 unspecified atom stereocenters. The molecule has 0 saturated carbocycles. The minimum atomic E-state index is 0.118. The minimum absolute atomic E-state index is 0.118. The molecule has 0 saturated heterocycles. The molecule has 1 aliphatic rings. The lowest BCUT2D eigenvalue weighted by atomic mass is 9.79. The molecular formula is C15H19N3. The van der Waals surface area contributed by atoms with Gasteiger partial charge in [0.2, 0.25) is 0 Å². The maximum Gasteiger partial charge on any atom is 0.0540 e. The number of fused-ring (bicyclic) bond motifs is 1. The average Bonchev–Trinajstić information content (AvgIpc) is 2.72. The second-order valence-corrected chi connectivity index (χ2v) is 5.27. The molecule has 0 amide bonds. The molecule has 2 N–H and O–H groups in total. The lowest BCUT2D eigenvalue weighted by molar-refractivity contribution is 0.485. The molecule has 0 bridgehead atoms. The molecule has 1 aromatic heterocycles. The quantitative estimate of drug-likeness (QED) is 0.833. The summed E-state index contributed by atoms with van der Waals surface area (Å²) in [7, 11) is 2.01. The van der Waals surface area contributed by atoms with E-state index in [0.29, 0.717) is 5.92 Å². The van der Waals surface area contributed by atoms with Crippen LogP contribution < -0.4 is 5.73 Å². The first kappa shape index (κ1) is 11.5. The normalized spacial score (nSPS) is 22.8. The van der Waals surface area contributed by atoms with Gasteiger partial charge in [0, 0.05) is 24.3 Å². The summed E-state index contributed by atoms with van der Waals surface area (Å²) in [6.45, 7) is 2.18. The number of aromatic nitrogens is 2. The van der Waals surface area contributed by atoms with Gasteiger partial charge in [-0.1, -0.05) is 24.3 Å². The van der Waals surface area contributed by atoms with Crippen molar-refractivity contribution in [3.05, 3.63) is 52.8 Å². The summed E-state index contributed by atoms with van der Waals surface area (Å²) in [5.74, 6) is 0.518. The number of hydrogen-bond acceptors (Lipinski definition) is 2. The molecule has 94 valence electrons. The lowest BCUT2D eigenvalue weighted by Gasteiger charge is -2.28. The van der Waals surface area contributed by atoms with E-state index in [1.54, 1.807) is 0 Å². The van der Waals surface area contributed by atoms with E-state index in [4.69, 9.17) is 5.73 Å². The van der Waals surface area contributed by atoms with Crippen molar-refractivity contribution in [2.75, 3.05) is 0 Å². The van der Waals surface area contributed by atoms with Gasteiger partial charge >= 0.3 is 0 Å². The van der Waals surface area contributed by atoms with Crippen LogP contribution in [-0.4, -0.2) is 9.78 Å². The van der Waals surface area contributed by atoms with Gasteiger partial charge in [-0.05, 0) is 36.8 Å². The molecular weight excluding hydrogens is 222 g/mol. The summed E-state index contributed by atoms with van der Waals surface area (Å²) in [6.07, 6.45) is 3.99. The number of nitrogens with zero attached hydrogens (tertiary/aromatic N) is 2. The van der Waals surface area contributed by atoms with Crippen molar-refractivity contribution in [3.8, 4) is 0 Å². The molecule has 1 aromatic carbocycles. The molecule has 3 nitrogen and oxygen atoms in total. The van der Waals surface area contributed by atoms with Gasteiger partial charge in [0.1, 0.15) is 0 Å². The maximum absolute atomic E-state index is 6.28. The van der Waals surface area contributed by atoms with Crippen LogP contribution in [0.1, 0.15) is 40.8 Å². The molecule has 0 spiro atoms. The first-order valence-electron chi connectivity index (χ1n) is 6.48. The van der Waals surface area contributed by atoms with Gasteiger partial charge in [-0.2, -0.15) is 5.10 Å². The smallest absolute Gasteiger partial charge is 0.0540 e. The summed E-state index contributed by atoms with van der Waals surface area (Å²) in [5.41, 5.74) is 11.6. The third-order valence-electron chi connectivity index (χ3n) is 4.10. The van der Waals surface area contributed by atoms with Crippen LogP contribution in [0.4, 0.5) is 0 Å². The highest BCUT2D eigenvalue weighted by Crippen LogP contribution is 2.38. The number of rotatable bonds is 1. The fourth-order valence-corrected chi connectivity index (χ4v) is 3.07. The summed E-state index contributed by atoms with van der Waals surface area (Å²) in [5, 5.41) is 4.34. The Kier molecular flexibility index (Phi) is 2.71. The Morgan fingerprint density at radius 2 is 2.06 bits per heavy atom. The topological polar surface area (TPSA) is 43.8 Å². The van der Waals surface area contributed by atoms with Gasteiger partial charge < -0.3 is 5.73 Å². The van der Waals surface area contributed by atoms with Gasteiger partial charge in [-0.3, -0.25) is 4.68 Å². The first-order chi connectivity index (χ1) is 8.66. The Balaban J connectivity index is 1.99. The van der Waals surface area contributed by atoms with Crippen molar-refractivity contribution in [2.24, 2.45) is 12.8 Å². The average molecular weight is 241 g/mol. The van der Waals surface area contributed by atoms with Gasteiger partial charge in [-0.25, -0.2) is 0 Å². The van der Waals surface area contributed by atoms with Gasteiger partial charge in [0.15, 0.2) is 0 Å². The molecule has 2 aromatic rings.